The Labute approximate surface area is 266 Å². The van der Waals surface area contributed by atoms with Crippen molar-refractivity contribution in [1.82, 2.24) is 0 Å². The first-order chi connectivity index (χ1) is 20.3. The Morgan fingerprint density at radius 3 is 1.81 bits per heavy atom. The van der Waals surface area contributed by atoms with Crippen LogP contribution in [-0.4, -0.2) is 0 Å². The summed E-state index contributed by atoms with van der Waals surface area (Å²) in [6.45, 7) is 18.6. The van der Waals surface area contributed by atoms with Crippen LogP contribution in [0.15, 0.2) is 78.9 Å². The molecule has 6 rings (SSSR count). The second kappa shape index (κ2) is 10.7. The highest BCUT2D eigenvalue weighted by Crippen LogP contribution is 2.38. The minimum atomic E-state index is -0.125. The van der Waals surface area contributed by atoms with Crippen molar-refractivity contribution in [2.45, 2.75) is 72.6 Å². The summed E-state index contributed by atoms with van der Waals surface area (Å²) < 4.78 is 0. The number of halogens is 2. The van der Waals surface area contributed by atoms with E-state index in [0.29, 0.717) is 0 Å². The Morgan fingerprint density at radius 1 is 0.744 bits per heavy atom. The van der Waals surface area contributed by atoms with Gasteiger partial charge in [-0.1, -0.05) is 113 Å². The van der Waals surface area contributed by atoms with E-state index >= 15 is 0 Å². The van der Waals surface area contributed by atoms with Crippen molar-refractivity contribution >= 4 is 40.4 Å². The van der Waals surface area contributed by atoms with E-state index in [1.165, 1.54) is 65.4 Å². The molecule has 0 fully saturated rings. The number of allylic oxidation sites excluding steroid dienone is 4. The second-order valence-electron chi connectivity index (χ2n) is 14.2. The highest BCUT2D eigenvalue weighted by Gasteiger charge is 2.28. The molecule has 0 aliphatic heterocycles. The lowest BCUT2D eigenvalue weighted by Gasteiger charge is -2.28. The number of hydrogen-bond acceptors (Lipinski definition) is 0. The Kier molecular flexibility index (Phi) is 7.39. The molecule has 0 heterocycles. The van der Waals surface area contributed by atoms with E-state index in [1.807, 2.05) is 24.3 Å². The van der Waals surface area contributed by atoms with Crippen LogP contribution in [0.2, 0.25) is 10.0 Å². The predicted molar refractivity (Wildman–Crippen MR) is 186 cm³/mol. The van der Waals surface area contributed by atoms with E-state index < -0.39 is 0 Å². The third-order valence-electron chi connectivity index (χ3n) is 8.92. The molecule has 0 aromatic heterocycles. The van der Waals surface area contributed by atoms with E-state index in [1.54, 1.807) is 0 Å². The minimum Gasteiger partial charge on any atom is -0.0843 e. The Bertz CT molecular complexity index is 2010. The van der Waals surface area contributed by atoms with Crippen molar-refractivity contribution < 1.29 is 0 Å². The van der Waals surface area contributed by atoms with E-state index in [4.69, 9.17) is 23.2 Å². The zero-order valence-corrected chi connectivity index (χ0v) is 28.1. The molecule has 0 spiro atoms. The molecule has 0 saturated heterocycles. The van der Waals surface area contributed by atoms with Crippen LogP contribution in [0.3, 0.4) is 0 Å². The number of hydrogen-bond donors (Lipinski definition) is 0. The third-order valence-corrected chi connectivity index (χ3v) is 9.42. The Hall–Kier alpha value is -3.32. The third kappa shape index (κ3) is 5.24. The summed E-state index contributed by atoms with van der Waals surface area (Å²) in [7, 11) is 0. The second-order valence-corrected chi connectivity index (χ2v) is 15.0. The highest BCUT2D eigenvalue weighted by molar-refractivity contribution is 6.31. The molecular formula is C41H40Cl2. The van der Waals surface area contributed by atoms with Crippen LogP contribution in [0.5, 0.6) is 0 Å². The maximum Gasteiger partial charge on any atom is 0.0406 e. The van der Waals surface area contributed by atoms with Gasteiger partial charge < -0.3 is 0 Å². The summed E-state index contributed by atoms with van der Waals surface area (Å²) in [5.74, 6) is 0. The van der Waals surface area contributed by atoms with Gasteiger partial charge in [0, 0.05) is 10.0 Å². The maximum atomic E-state index is 6.44. The normalized spacial score (nSPS) is 14.0. The Morgan fingerprint density at radius 2 is 1.33 bits per heavy atom. The molecule has 43 heavy (non-hydrogen) atoms. The summed E-state index contributed by atoms with van der Waals surface area (Å²) >= 11 is 12.9. The van der Waals surface area contributed by atoms with Gasteiger partial charge in [0.2, 0.25) is 0 Å². The number of rotatable bonds is 3. The largest absolute Gasteiger partial charge is 0.0843 e. The molecule has 0 nitrogen and oxygen atoms in total. The number of aryl methyl sites for hydroxylation is 1. The van der Waals surface area contributed by atoms with Crippen LogP contribution in [0.25, 0.3) is 17.2 Å². The molecule has 0 atom stereocenters. The van der Waals surface area contributed by atoms with Crippen molar-refractivity contribution in [2.75, 3.05) is 0 Å². The average Bonchev–Trinajstić information content (AvgIpc) is 3.57. The summed E-state index contributed by atoms with van der Waals surface area (Å²) in [5.41, 5.74) is 13.0. The molecule has 2 aliphatic rings. The van der Waals surface area contributed by atoms with Gasteiger partial charge in [0.15, 0.2) is 0 Å². The van der Waals surface area contributed by atoms with Crippen LogP contribution in [0.1, 0.15) is 92.5 Å². The van der Waals surface area contributed by atoms with Crippen LogP contribution in [0.4, 0.5) is 0 Å². The van der Waals surface area contributed by atoms with Crippen LogP contribution >= 0.6 is 23.2 Å². The van der Waals surface area contributed by atoms with Gasteiger partial charge in [-0.25, -0.2) is 0 Å². The van der Waals surface area contributed by atoms with E-state index in [9.17, 15) is 0 Å². The molecule has 2 heteroatoms. The predicted octanol–water partition coefficient (Wildman–Crippen LogP) is 10.2. The average molecular weight is 604 g/mol. The summed E-state index contributed by atoms with van der Waals surface area (Å²) in [6, 6.07) is 21.5. The monoisotopic (exact) mass is 602 g/mol. The summed E-state index contributed by atoms with van der Waals surface area (Å²) in [5, 5.41) is 6.72. The first kappa shape index (κ1) is 29.7. The number of benzene rings is 4. The van der Waals surface area contributed by atoms with Gasteiger partial charge in [0.05, 0.1) is 0 Å². The zero-order chi connectivity index (χ0) is 30.8. The fourth-order valence-corrected chi connectivity index (χ4v) is 7.53. The summed E-state index contributed by atoms with van der Waals surface area (Å²) in [4.78, 5) is 0. The standard InChI is InChI=1S/C41H40Cl2/c1-24-21-29-22-33-35(26-11-9-10-12-26)25(2)39(41(6,7)8)38(37(33)32(29)23-34(24)40(3,4)5)36(27-13-17-30(42)18-14-27)28-15-19-31(43)20-16-28/h9-11,13-23H,12H2,1-8H3. The number of fused-ring (bicyclic) bond motifs is 2. The van der Waals surface area contributed by atoms with Crippen molar-refractivity contribution in [3.63, 3.8) is 0 Å². The molecule has 0 amide bonds. The van der Waals surface area contributed by atoms with E-state index in [-0.39, 0.29) is 10.8 Å². The van der Waals surface area contributed by atoms with Crippen LogP contribution in [-0.2, 0) is 10.8 Å². The van der Waals surface area contributed by atoms with Gasteiger partial charge >= 0.3 is 0 Å². The van der Waals surface area contributed by atoms with Crippen molar-refractivity contribution in [2.24, 2.45) is 0 Å². The van der Waals surface area contributed by atoms with Gasteiger partial charge in [-0.05, 0) is 144 Å². The first-order valence-corrected chi connectivity index (χ1v) is 16.0. The molecule has 218 valence electrons. The maximum absolute atomic E-state index is 6.44. The summed E-state index contributed by atoms with van der Waals surface area (Å²) in [6.07, 6.45) is 10.2. The lowest BCUT2D eigenvalue weighted by Crippen LogP contribution is -2.30. The quantitative estimate of drug-likeness (QED) is 0.193. The van der Waals surface area contributed by atoms with E-state index in [2.05, 4.69) is 116 Å². The molecule has 0 saturated carbocycles. The molecule has 4 aromatic carbocycles. The highest BCUT2D eigenvalue weighted by atomic mass is 35.5. The molecule has 0 unspecified atom stereocenters. The van der Waals surface area contributed by atoms with Crippen LogP contribution in [0, 0.1) is 24.3 Å². The first-order valence-electron chi connectivity index (χ1n) is 15.2. The van der Waals surface area contributed by atoms with Crippen LogP contribution < -0.4 is 10.4 Å². The molecular weight excluding hydrogens is 563 g/mol. The van der Waals surface area contributed by atoms with E-state index in [0.717, 1.165) is 27.6 Å². The fraction of sp³-hybridized carbons (Fsp3) is 0.268. The van der Waals surface area contributed by atoms with Gasteiger partial charge in [-0.2, -0.15) is 0 Å². The molecule has 0 N–H and O–H groups in total. The van der Waals surface area contributed by atoms with Gasteiger partial charge in [-0.15, -0.1) is 0 Å². The van der Waals surface area contributed by atoms with Gasteiger partial charge in [0.25, 0.3) is 0 Å². The molecule has 4 aromatic rings. The topological polar surface area (TPSA) is 0 Å². The van der Waals surface area contributed by atoms with Crippen molar-refractivity contribution in [3.05, 3.63) is 154 Å². The van der Waals surface area contributed by atoms with Crippen molar-refractivity contribution in [1.29, 1.82) is 0 Å². The fourth-order valence-electron chi connectivity index (χ4n) is 7.28. The lowest BCUT2D eigenvalue weighted by molar-refractivity contribution is 0.580. The smallest absolute Gasteiger partial charge is 0.0406 e. The molecule has 0 bridgehead atoms. The zero-order valence-electron chi connectivity index (χ0n) is 26.5. The molecule has 2 aliphatic carbocycles. The van der Waals surface area contributed by atoms with Crippen molar-refractivity contribution in [3.8, 4) is 0 Å². The van der Waals surface area contributed by atoms with Gasteiger partial charge in [-0.3, -0.25) is 0 Å². The van der Waals surface area contributed by atoms with Gasteiger partial charge in [0.1, 0.15) is 0 Å². The Balaban J connectivity index is 2.00. The SMILES string of the molecule is Cc1cc2c(cc1C(C)(C)C)=c1c(c(C3=CC=CC3)c(C)c(C(C)(C)C)c1=C(c1ccc(Cl)cc1)c1ccc(Cl)cc1)C=2. The molecule has 0 radical (unpaired) electrons. The minimum absolute atomic E-state index is 0.0270. The lowest BCUT2D eigenvalue weighted by atomic mass is 9.75.